The van der Waals surface area contributed by atoms with Crippen LogP contribution in [-0.2, 0) is 27.5 Å². The Kier molecular flexibility index (Phi) is 9.24. The minimum Gasteiger partial charge on any atom is -0.355 e. The van der Waals surface area contributed by atoms with Crippen LogP contribution in [0, 0.1) is 0 Å². The predicted molar refractivity (Wildman–Crippen MR) is 120 cm³/mol. The number of alkyl halides is 3. The van der Waals surface area contributed by atoms with Gasteiger partial charge in [0.1, 0.15) is 0 Å². The third-order valence-corrected chi connectivity index (χ3v) is 6.52. The number of nitrogens with zero attached hydrogens (tertiary/aromatic N) is 2. The highest BCUT2D eigenvalue weighted by Gasteiger charge is 2.33. The van der Waals surface area contributed by atoms with Crippen molar-refractivity contribution < 1.29 is 26.4 Å². The van der Waals surface area contributed by atoms with E-state index in [0.717, 1.165) is 28.1 Å². The Bertz CT molecular complexity index is 1150. The maximum Gasteiger partial charge on any atom is 0.416 e. The molecule has 0 unspecified atom stereocenters. The van der Waals surface area contributed by atoms with Crippen LogP contribution in [0.1, 0.15) is 18.1 Å². The average Bonchev–Trinajstić information content (AvgIpc) is 2.80. The number of sulfonamides is 1. The van der Waals surface area contributed by atoms with E-state index in [0.29, 0.717) is 13.0 Å². The number of rotatable bonds is 7. The van der Waals surface area contributed by atoms with E-state index in [1.807, 2.05) is 12.1 Å². The molecule has 1 heterocycles. The van der Waals surface area contributed by atoms with Crippen molar-refractivity contribution in [2.24, 2.45) is 0 Å². The molecule has 0 fully saturated rings. The maximum absolute atomic E-state index is 12.9. The number of benzene rings is 2. The van der Waals surface area contributed by atoms with Gasteiger partial charge in [0.2, 0.25) is 6.41 Å². The van der Waals surface area contributed by atoms with Crippen LogP contribution in [0.15, 0.2) is 78.0 Å². The summed E-state index contributed by atoms with van der Waals surface area (Å²) in [5.41, 5.74) is -0.103. The average molecular weight is 500 g/mol. The Morgan fingerprint density at radius 2 is 1.70 bits per heavy atom. The Labute approximate surface area is 195 Å². The molecule has 1 N–H and O–H groups in total. The predicted octanol–water partition coefficient (Wildman–Crippen LogP) is 4.90. The van der Waals surface area contributed by atoms with Gasteiger partial charge < -0.3 is 5.32 Å². The quantitative estimate of drug-likeness (QED) is 0.469. The van der Waals surface area contributed by atoms with Gasteiger partial charge in [-0.15, -0.1) is 0 Å². The fourth-order valence-corrected chi connectivity index (χ4v) is 4.50. The molecule has 2 aromatic carbocycles. The first-order valence-electron chi connectivity index (χ1n) is 9.61. The van der Waals surface area contributed by atoms with Crippen molar-refractivity contribution in [3.05, 3.63) is 89.2 Å². The van der Waals surface area contributed by atoms with Gasteiger partial charge in [0, 0.05) is 25.5 Å². The highest BCUT2D eigenvalue weighted by atomic mass is 35.5. The summed E-state index contributed by atoms with van der Waals surface area (Å²) >= 11 is 5.94. The van der Waals surface area contributed by atoms with E-state index >= 15 is 0 Å². The van der Waals surface area contributed by atoms with Crippen molar-refractivity contribution in [2.75, 3.05) is 10.8 Å². The first-order chi connectivity index (χ1) is 15.6. The molecular weight excluding hydrogens is 479 g/mol. The van der Waals surface area contributed by atoms with E-state index in [1.165, 1.54) is 31.2 Å². The lowest BCUT2D eigenvalue weighted by Crippen LogP contribution is -2.31. The Balaban J connectivity index is 0.000000321. The number of pyridine rings is 1. The van der Waals surface area contributed by atoms with E-state index in [1.54, 1.807) is 18.5 Å². The number of amides is 1. The molecule has 176 valence electrons. The number of hydrogen-bond acceptors (Lipinski definition) is 4. The van der Waals surface area contributed by atoms with Crippen molar-refractivity contribution in [1.82, 2.24) is 10.3 Å². The van der Waals surface area contributed by atoms with Gasteiger partial charge in [-0.05, 0) is 55.0 Å². The Morgan fingerprint density at radius 1 is 1.06 bits per heavy atom. The van der Waals surface area contributed by atoms with E-state index in [2.05, 4.69) is 10.3 Å². The number of carbonyl (C=O) groups excluding carboxylic acids is 1. The van der Waals surface area contributed by atoms with Gasteiger partial charge in [-0.25, -0.2) is 8.42 Å². The van der Waals surface area contributed by atoms with Crippen molar-refractivity contribution >= 4 is 33.7 Å². The van der Waals surface area contributed by atoms with Gasteiger partial charge in [0.25, 0.3) is 10.0 Å². The number of carbonyl (C=O) groups is 1. The maximum atomic E-state index is 12.9. The topological polar surface area (TPSA) is 79.4 Å². The summed E-state index contributed by atoms with van der Waals surface area (Å²) in [4.78, 5) is 13.7. The summed E-state index contributed by atoms with van der Waals surface area (Å²) in [5, 5.41) is 2.49. The van der Waals surface area contributed by atoms with Crippen molar-refractivity contribution in [3.63, 3.8) is 0 Å². The van der Waals surface area contributed by atoms with Gasteiger partial charge >= 0.3 is 6.18 Å². The van der Waals surface area contributed by atoms with E-state index < -0.39 is 21.8 Å². The summed E-state index contributed by atoms with van der Waals surface area (Å²) in [6, 6.07) is 13.8. The lowest BCUT2D eigenvalue weighted by molar-refractivity contribution is -0.137. The van der Waals surface area contributed by atoms with Crippen molar-refractivity contribution in [3.8, 4) is 0 Å². The third-order valence-electron chi connectivity index (χ3n) is 4.30. The van der Waals surface area contributed by atoms with Crippen LogP contribution in [0.3, 0.4) is 0 Å². The molecule has 6 nitrogen and oxygen atoms in total. The van der Waals surface area contributed by atoms with Gasteiger partial charge in [-0.2, -0.15) is 13.2 Å². The summed E-state index contributed by atoms with van der Waals surface area (Å²) < 4.78 is 64.8. The third kappa shape index (κ3) is 7.19. The molecule has 3 rings (SSSR count). The minimum atomic E-state index is -4.59. The molecule has 1 amide bonds. The smallest absolute Gasteiger partial charge is 0.355 e. The van der Waals surface area contributed by atoms with Gasteiger partial charge in [0.05, 0.1) is 21.2 Å². The summed E-state index contributed by atoms with van der Waals surface area (Å²) in [6.07, 6.45) is -0.515. The molecule has 0 saturated heterocycles. The molecule has 0 aliphatic heterocycles. The molecule has 11 heteroatoms. The molecular formula is C22H21ClF3N3O3S. The fraction of sp³-hybridized carbons (Fsp3) is 0.182. The second kappa shape index (κ2) is 11.7. The van der Waals surface area contributed by atoms with Crippen LogP contribution >= 0.6 is 11.6 Å². The highest BCUT2D eigenvalue weighted by Crippen LogP contribution is 2.37. The van der Waals surface area contributed by atoms with Gasteiger partial charge in [0.15, 0.2) is 0 Å². The molecule has 0 atom stereocenters. The zero-order valence-electron chi connectivity index (χ0n) is 17.5. The van der Waals surface area contributed by atoms with Crippen LogP contribution in [0.4, 0.5) is 18.9 Å². The van der Waals surface area contributed by atoms with Crippen LogP contribution in [-0.4, -0.2) is 26.4 Å². The number of halogens is 4. The van der Waals surface area contributed by atoms with Crippen LogP contribution in [0.25, 0.3) is 0 Å². The first-order valence-corrected chi connectivity index (χ1v) is 11.4. The van der Waals surface area contributed by atoms with Crippen LogP contribution < -0.4 is 9.62 Å². The Morgan fingerprint density at radius 3 is 2.24 bits per heavy atom. The summed E-state index contributed by atoms with van der Waals surface area (Å²) in [7, 11) is -4.01. The summed E-state index contributed by atoms with van der Waals surface area (Å²) in [5.74, 6) is 0. The fourth-order valence-electron chi connectivity index (χ4n) is 2.73. The second-order valence-corrected chi connectivity index (χ2v) is 8.77. The molecule has 0 bridgehead atoms. The van der Waals surface area contributed by atoms with Crippen molar-refractivity contribution in [2.45, 2.75) is 24.5 Å². The van der Waals surface area contributed by atoms with Crippen LogP contribution in [0.2, 0.25) is 5.02 Å². The minimum absolute atomic E-state index is 0.0182. The molecule has 3 aromatic rings. The first kappa shape index (κ1) is 26.1. The molecule has 0 aliphatic rings. The summed E-state index contributed by atoms with van der Waals surface area (Å²) in [6.45, 7) is 2.04. The molecule has 0 spiro atoms. The largest absolute Gasteiger partial charge is 0.416 e. The number of nitrogens with one attached hydrogen (secondary N) is 1. The van der Waals surface area contributed by atoms with E-state index in [-0.39, 0.29) is 22.2 Å². The zero-order chi connectivity index (χ0) is 24.5. The van der Waals surface area contributed by atoms with Gasteiger partial charge in [-0.3, -0.25) is 14.1 Å². The molecule has 0 saturated carbocycles. The standard InChI is InChI=1S/C15H13ClF3NO2S.C7H8N2O/c1-2-20(23(21,22)12-6-4-3-5-7-12)14-10-11(15(17,18)19)8-9-13(14)16;10-6-9-5-7-1-3-8-4-2-7/h3-10H,2H2,1H3;1-4,6H,5H2,(H,9,10). The molecule has 1 aromatic heterocycles. The van der Waals surface area contributed by atoms with E-state index in [4.69, 9.17) is 11.6 Å². The van der Waals surface area contributed by atoms with E-state index in [9.17, 15) is 26.4 Å². The van der Waals surface area contributed by atoms with Crippen molar-refractivity contribution in [1.29, 1.82) is 0 Å². The lowest BCUT2D eigenvalue weighted by Gasteiger charge is -2.24. The Hall–Kier alpha value is -3.11. The van der Waals surface area contributed by atoms with Crippen LogP contribution in [0.5, 0.6) is 0 Å². The number of aromatic nitrogens is 1. The second-order valence-electron chi connectivity index (χ2n) is 6.50. The number of hydrogen-bond donors (Lipinski definition) is 1. The monoisotopic (exact) mass is 499 g/mol. The van der Waals surface area contributed by atoms with Gasteiger partial charge in [-0.1, -0.05) is 29.8 Å². The zero-order valence-corrected chi connectivity index (χ0v) is 19.0. The highest BCUT2D eigenvalue weighted by molar-refractivity contribution is 7.92. The molecule has 0 aliphatic carbocycles. The SMILES string of the molecule is CCN(c1cc(C(F)(F)F)ccc1Cl)S(=O)(=O)c1ccccc1.O=CNCc1ccncc1. The number of anilines is 1. The lowest BCUT2D eigenvalue weighted by atomic mass is 10.2. The normalized spacial score (nSPS) is 11.2. The molecule has 33 heavy (non-hydrogen) atoms. The molecule has 0 radical (unpaired) electrons.